The lowest BCUT2D eigenvalue weighted by atomic mass is 10.2. The van der Waals surface area contributed by atoms with Gasteiger partial charge in [0.25, 0.3) is 5.56 Å². The Morgan fingerprint density at radius 2 is 1.95 bits per heavy atom. The number of anilines is 1. The van der Waals surface area contributed by atoms with Crippen molar-refractivity contribution < 1.29 is 9.90 Å². The molecular weight excluding hydrogens is 244 g/mol. The first-order chi connectivity index (χ1) is 8.99. The first-order valence-electron chi connectivity index (χ1n) is 5.73. The largest absolute Gasteiger partial charge is 0.478 e. The molecule has 0 saturated heterocycles. The van der Waals surface area contributed by atoms with E-state index in [0.717, 1.165) is 5.69 Å². The fourth-order valence-corrected chi connectivity index (χ4v) is 1.74. The zero-order valence-electron chi connectivity index (χ0n) is 10.7. The summed E-state index contributed by atoms with van der Waals surface area (Å²) >= 11 is 0. The monoisotopic (exact) mass is 258 g/mol. The molecular formula is C14H14N2O3. The lowest BCUT2D eigenvalue weighted by Crippen LogP contribution is -2.19. The third-order valence-electron chi connectivity index (χ3n) is 2.78. The summed E-state index contributed by atoms with van der Waals surface area (Å²) in [6.07, 6.45) is 1.33. The first-order valence-corrected chi connectivity index (χ1v) is 5.73. The van der Waals surface area contributed by atoms with E-state index < -0.39 is 5.97 Å². The van der Waals surface area contributed by atoms with Crippen LogP contribution in [0.25, 0.3) is 5.69 Å². The van der Waals surface area contributed by atoms with Crippen LogP contribution < -0.4 is 10.5 Å². The predicted molar refractivity (Wildman–Crippen MR) is 73.3 cm³/mol. The van der Waals surface area contributed by atoms with Crippen LogP contribution in [0.3, 0.4) is 0 Å². The molecule has 0 saturated carbocycles. The Kier molecular flexibility index (Phi) is 3.37. The van der Waals surface area contributed by atoms with Crippen molar-refractivity contribution >= 4 is 11.7 Å². The van der Waals surface area contributed by atoms with Gasteiger partial charge in [-0.3, -0.25) is 9.36 Å². The van der Waals surface area contributed by atoms with Gasteiger partial charge in [-0.1, -0.05) is 6.07 Å². The smallest absolute Gasteiger partial charge is 0.337 e. The van der Waals surface area contributed by atoms with E-state index in [1.807, 2.05) is 37.2 Å². The highest BCUT2D eigenvalue weighted by Crippen LogP contribution is 2.16. The molecule has 0 aliphatic rings. The summed E-state index contributed by atoms with van der Waals surface area (Å²) in [5.74, 6) is -1.06. The number of aromatic carboxylic acids is 1. The van der Waals surface area contributed by atoms with Crippen molar-refractivity contribution in [2.75, 3.05) is 19.0 Å². The minimum atomic E-state index is -1.06. The van der Waals surface area contributed by atoms with Crippen LogP contribution in [-0.2, 0) is 0 Å². The van der Waals surface area contributed by atoms with Gasteiger partial charge < -0.3 is 10.0 Å². The van der Waals surface area contributed by atoms with Gasteiger partial charge in [0.05, 0.1) is 11.3 Å². The second-order valence-corrected chi connectivity index (χ2v) is 4.35. The average molecular weight is 258 g/mol. The summed E-state index contributed by atoms with van der Waals surface area (Å²) in [6, 6.07) is 9.88. The Bertz CT molecular complexity index is 674. The Hall–Kier alpha value is -2.56. The topological polar surface area (TPSA) is 62.5 Å². The molecule has 0 unspecified atom stereocenters. The van der Waals surface area contributed by atoms with E-state index in [4.69, 9.17) is 5.11 Å². The van der Waals surface area contributed by atoms with Crippen LogP contribution in [0, 0.1) is 0 Å². The average Bonchev–Trinajstić information content (AvgIpc) is 2.39. The first kappa shape index (κ1) is 12.9. The van der Waals surface area contributed by atoms with Crippen molar-refractivity contribution in [2.45, 2.75) is 0 Å². The van der Waals surface area contributed by atoms with E-state index in [1.165, 1.54) is 22.9 Å². The Morgan fingerprint density at radius 3 is 2.58 bits per heavy atom. The van der Waals surface area contributed by atoms with Crippen LogP contribution in [-0.4, -0.2) is 29.7 Å². The summed E-state index contributed by atoms with van der Waals surface area (Å²) in [7, 11) is 3.80. The van der Waals surface area contributed by atoms with Gasteiger partial charge in [-0.2, -0.15) is 0 Å². The van der Waals surface area contributed by atoms with Crippen molar-refractivity contribution in [1.29, 1.82) is 0 Å². The highest BCUT2D eigenvalue weighted by Gasteiger charge is 2.07. The van der Waals surface area contributed by atoms with E-state index in [0.29, 0.717) is 5.69 Å². The molecule has 0 atom stereocenters. The van der Waals surface area contributed by atoms with Crippen molar-refractivity contribution in [2.24, 2.45) is 0 Å². The van der Waals surface area contributed by atoms with E-state index >= 15 is 0 Å². The number of rotatable bonds is 3. The predicted octanol–water partition coefficient (Wildman–Crippen LogP) is 1.60. The minimum Gasteiger partial charge on any atom is -0.478 e. The molecule has 0 amide bonds. The summed E-state index contributed by atoms with van der Waals surface area (Å²) in [5.41, 5.74) is 1.39. The number of pyridine rings is 1. The maximum Gasteiger partial charge on any atom is 0.337 e. The standard InChI is InChI=1S/C14H14N2O3/c1-15(2)11-4-3-5-12(8-11)16-9-10(14(18)19)6-7-13(16)17/h3-9H,1-2H3,(H,18,19). The molecule has 0 aliphatic carbocycles. The normalized spacial score (nSPS) is 10.2. The van der Waals surface area contributed by atoms with Gasteiger partial charge in [-0.05, 0) is 24.3 Å². The minimum absolute atomic E-state index is 0.0786. The van der Waals surface area contributed by atoms with Crippen molar-refractivity contribution in [3.63, 3.8) is 0 Å². The molecule has 5 nitrogen and oxygen atoms in total. The number of hydrogen-bond acceptors (Lipinski definition) is 3. The second-order valence-electron chi connectivity index (χ2n) is 4.35. The van der Waals surface area contributed by atoms with Gasteiger partial charge in [-0.25, -0.2) is 4.79 Å². The van der Waals surface area contributed by atoms with E-state index in [-0.39, 0.29) is 11.1 Å². The van der Waals surface area contributed by atoms with Crippen molar-refractivity contribution in [3.05, 3.63) is 58.5 Å². The molecule has 5 heteroatoms. The molecule has 1 heterocycles. The molecule has 1 N–H and O–H groups in total. The van der Waals surface area contributed by atoms with Gasteiger partial charge >= 0.3 is 5.97 Å². The number of benzene rings is 1. The van der Waals surface area contributed by atoms with Crippen molar-refractivity contribution in [3.8, 4) is 5.69 Å². The molecule has 0 fully saturated rings. The molecule has 0 bridgehead atoms. The fourth-order valence-electron chi connectivity index (χ4n) is 1.74. The number of nitrogens with zero attached hydrogens (tertiary/aromatic N) is 2. The van der Waals surface area contributed by atoms with Crippen LogP contribution in [0.2, 0.25) is 0 Å². The SMILES string of the molecule is CN(C)c1cccc(-n2cc(C(=O)O)ccc2=O)c1. The maximum absolute atomic E-state index is 11.8. The molecule has 1 aromatic heterocycles. The molecule has 1 aromatic carbocycles. The third-order valence-corrected chi connectivity index (χ3v) is 2.78. The molecule has 0 aliphatic heterocycles. The Balaban J connectivity index is 2.58. The number of hydrogen-bond donors (Lipinski definition) is 1. The molecule has 0 spiro atoms. The van der Waals surface area contributed by atoms with E-state index in [9.17, 15) is 9.59 Å². The summed E-state index contributed by atoms with van der Waals surface area (Å²) in [4.78, 5) is 24.7. The van der Waals surface area contributed by atoms with Gasteiger partial charge in [0.2, 0.25) is 0 Å². The van der Waals surface area contributed by atoms with Crippen LogP contribution in [0.1, 0.15) is 10.4 Å². The van der Waals surface area contributed by atoms with E-state index in [1.54, 1.807) is 6.07 Å². The van der Waals surface area contributed by atoms with Crippen LogP contribution in [0.5, 0.6) is 0 Å². The second kappa shape index (κ2) is 4.97. The molecule has 2 rings (SSSR count). The zero-order chi connectivity index (χ0) is 14.0. The Labute approximate surface area is 110 Å². The van der Waals surface area contributed by atoms with Gasteiger partial charge in [0.15, 0.2) is 0 Å². The highest BCUT2D eigenvalue weighted by atomic mass is 16.4. The molecule has 0 radical (unpaired) electrons. The molecule has 2 aromatic rings. The van der Waals surface area contributed by atoms with E-state index in [2.05, 4.69) is 0 Å². The quantitative estimate of drug-likeness (QED) is 0.908. The number of aromatic nitrogens is 1. The lowest BCUT2D eigenvalue weighted by molar-refractivity contribution is 0.0696. The fraction of sp³-hybridized carbons (Fsp3) is 0.143. The van der Waals surface area contributed by atoms with Gasteiger partial charge in [0, 0.05) is 32.0 Å². The van der Waals surface area contributed by atoms with Gasteiger partial charge in [-0.15, -0.1) is 0 Å². The maximum atomic E-state index is 11.8. The summed E-state index contributed by atoms with van der Waals surface area (Å²) in [5, 5.41) is 8.97. The zero-order valence-corrected chi connectivity index (χ0v) is 10.7. The van der Waals surface area contributed by atoms with Gasteiger partial charge in [0.1, 0.15) is 0 Å². The van der Waals surface area contributed by atoms with Crippen LogP contribution >= 0.6 is 0 Å². The number of carbonyl (C=O) groups is 1. The number of carboxylic acid groups (broad SMARTS) is 1. The summed E-state index contributed by atoms with van der Waals surface area (Å²) in [6.45, 7) is 0. The van der Waals surface area contributed by atoms with Crippen LogP contribution in [0.15, 0.2) is 47.4 Å². The third kappa shape index (κ3) is 2.65. The molecule has 98 valence electrons. The summed E-state index contributed by atoms with van der Waals surface area (Å²) < 4.78 is 1.33. The Morgan fingerprint density at radius 1 is 1.21 bits per heavy atom. The van der Waals surface area contributed by atoms with Crippen molar-refractivity contribution in [1.82, 2.24) is 4.57 Å². The van der Waals surface area contributed by atoms with Crippen LogP contribution in [0.4, 0.5) is 5.69 Å². The number of carboxylic acids is 1. The molecule has 19 heavy (non-hydrogen) atoms. The lowest BCUT2D eigenvalue weighted by Gasteiger charge is -2.14. The highest BCUT2D eigenvalue weighted by molar-refractivity contribution is 5.87.